The maximum absolute atomic E-state index is 3.73. The molecule has 17 heavy (non-hydrogen) atoms. The second kappa shape index (κ2) is 6.20. The van der Waals surface area contributed by atoms with Crippen molar-refractivity contribution < 1.29 is 0 Å². The number of benzene rings is 1. The fourth-order valence-corrected chi connectivity index (χ4v) is 2.56. The molecule has 1 aromatic carbocycles. The van der Waals surface area contributed by atoms with Crippen LogP contribution in [0.15, 0.2) is 24.3 Å². The van der Waals surface area contributed by atoms with Crippen molar-refractivity contribution >= 4 is 0 Å². The zero-order valence-electron chi connectivity index (χ0n) is 11.2. The lowest BCUT2D eigenvalue weighted by Crippen LogP contribution is -2.41. The summed E-state index contributed by atoms with van der Waals surface area (Å²) in [4.78, 5) is 0. The normalized spacial score (nSPS) is 17.8. The van der Waals surface area contributed by atoms with E-state index < -0.39 is 0 Å². The molecule has 0 spiro atoms. The number of nitrogens with one attached hydrogen (secondary N) is 1. The third kappa shape index (κ3) is 3.57. The topological polar surface area (TPSA) is 12.0 Å². The molecule has 1 aliphatic carbocycles. The SMILES string of the molecule is CCCNC(Cc1ccc(C)cc1)C1CCC1. The minimum Gasteiger partial charge on any atom is -0.313 e. The van der Waals surface area contributed by atoms with E-state index in [1.54, 1.807) is 0 Å². The Balaban J connectivity index is 1.93. The summed E-state index contributed by atoms with van der Waals surface area (Å²) in [5, 5.41) is 3.73. The fraction of sp³-hybridized carbons (Fsp3) is 0.625. The summed E-state index contributed by atoms with van der Waals surface area (Å²) in [6.07, 6.45) is 6.71. The van der Waals surface area contributed by atoms with E-state index >= 15 is 0 Å². The molecule has 1 nitrogen and oxygen atoms in total. The summed E-state index contributed by atoms with van der Waals surface area (Å²) in [5.41, 5.74) is 2.84. The minimum absolute atomic E-state index is 0.700. The molecule has 0 radical (unpaired) electrons. The summed E-state index contributed by atoms with van der Waals surface area (Å²) in [5.74, 6) is 0.919. The quantitative estimate of drug-likeness (QED) is 0.787. The summed E-state index contributed by atoms with van der Waals surface area (Å²) < 4.78 is 0. The van der Waals surface area contributed by atoms with Gasteiger partial charge in [0.1, 0.15) is 0 Å². The summed E-state index contributed by atoms with van der Waals surface area (Å²) in [7, 11) is 0. The van der Waals surface area contributed by atoms with E-state index in [4.69, 9.17) is 0 Å². The minimum atomic E-state index is 0.700. The molecule has 1 aliphatic rings. The van der Waals surface area contributed by atoms with Gasteiger partial charge in [-0.2, -0.15) is 0 Å². The standard InChI is InChI=1S/C16H25N/c1-3-11-17-16(15-5-4-6-15)12-14-9-7-13(2)8-10-14/h7-10,15-17H,3-6,11-12H2,1-2H3. The lowest BCUT2D eigenvalue weighted by atomic mass is 9.77. The van der Waals surface area contributed by atoms with E-state index in [-0.39, 0.29) is 0 Å². The Kier molecular flexibility index (Phi) is 4.61. The van der Waals surface area contributed by atoms with E-state index in [0.717, 1.165) is 12.5 Å². The molecule has 0 amide bonds. The van der Waals surface area contributed by atoms with E-state index in [1.165, 1.54) is 43.2 Å². The molecule has 0 aliphatic heterocycles. The van der Waals surface area contributed by atoms with Crippen molar-refractivity contribution in [2.24, 2.45) is 5.92 Å². The van der Waals surface area contributed by atoms with Crippen LogP contribution in [0.1, 0.15) is 43.7 Å². The van der Waals surface area contributed by atoms with Crippen molar-refractivity contribution in [3.63, 3.8) is 0 Å². The van der Waals surface area contributed by atoms with Crippen LogP contribution in [-0.4, -0.2) is 12.6 Å². The number of rotatable bonds is 6. The second-order valence-corrected chi connectivity index (χ2v) is 5.44. The van der Waals surface area contributed by atoms with Gasteiger partial charge in [-0.1, -0.05) is 43.2 Å². The van der Waals surface area contributed by atoms with Gasteiger partial charge < -0.3 is 5.32 Å². The average Bonchev–Trinajstić information content (AvgIpc) is 2.26. The molecule has 1 atom stereocenters. The molecular weight excluding hydrogens is 206 g/mol. The Labute approximate surface area is 106 Å². The van der Waals surface area contributed by atoms with Crippen LogP contribution in [-0.2, 0) is 6.42 Å². The van der Waals surface area contributed by atoms with Crippen molar-refractivity contribution in [1.29, 1.82) is 0 Å². The van der Waals surface area contributed by atoms with Crippen molar-refractivity contribution in [3.05, 3.63) is 35.4 Å². The van der Waals surface area contributed by atoms with Crippen LogP contribution in [0.25, 0.3) is 0 Å². The smallest absolute Gasteiger partial charge is 0.0136 e. The van der Waals surface area contributed by atoms with E-state index in [0.29, 0.717) is 6.04 Å². The molecule has 1 unspecified atom stereocenters. The van der Waals surface area contributed by atoms with Gasteiger partial charge in [0, 0.05) is 6.04 Å². The number of aryl methyl sites for hydroxylation is 1. The molecule has 0 heterocycles. The predicted octanol–water partition coefficient (Wildman–Crippen LogP) is 3.71. The first-order chi connectivity index (χ1) is 8.29. The summed E-state index contributed by atoms with van der Waals surface area (Å²) in [6, 6.07) is 9.73. The molecular formula is C16H25N. The molecule has 1 aromatic rings. The van der Waals surface area contributed by atoms with E-state index in [2.05, 4.69) is 43.4 Å². The summed E-state index contributed by atoms with van der Waals surface area (Å²) >= 11 is 0. The van der Waals surface area contributed by atoms with Crippen LogP contribution in [0, 0.1) is 12.8 Å². The molecule has 2 rings (SSSR count). The molecule has 0 aromatic heterocycles. The predicted molar refractivity (Wildman–Crippen MR) is 74.3 cm³/mol. The van der Waals surface area contributed by atoms with Crippen LogP contribution >= 0.6 is 0 Å². The van der Waals surface area contributed by atoms with Crippen LogP contribution in [0.2, 0.25) is 0 Å². The van der Waals surface area contributed by atoms with Gasteiger partial charge in [0.2, 0.25) is 0 Å². The van der Waals surface area contributed by atoms with Crippen LogP contribution < -0.4 is 5.32 Å². The first kappa shape index (κ1) is 12.6. The van der Waals surface area contributed by atoms with E-state index in [9.17, 15) is 0 Å². The van der Waals surface area contributed by atoms with Gasteiger partial charge in [-0.05, 0) is 50.6 Å². The molecule has 94 valence electrons. The Hall–Kier alpha value is -0.820. The Bertz CT molecular complexity index is 324. The van der Waals surface area contributed by atoms with Gasteiger partial charge >= 0.3 is 0 Å². The third-order valence-corrected chi connectivity index (χ3v) is 3.95. The van der Waals surface area contributed by atoms with Crippen molar-refractivity contribution in [3.8, 4) is 0 Å². The van der Waals surface area contributed by atoms with Gasteiger partial charge in [-0.15, -0.1) is 0 Å². The van der Waals surface area contributed by atoms with Gasteiger partial charge in [-0.3, -0.25) is 0 Å². The Morgan fingerprint density at radius 1 is 1.24 bits per heavy atom. The average molecular weight is 231 g/mol. The van der Waals surface area contributed by atoms with Crippen molar-refractivity contribution in [1.82, 2.24) is 5.32 Å². The highest BCUT2D eigenvalue weighted by Crippen LogP contribution is 2.31. The zero-order valence-corrected chi connectivity index (χ0v) is 11.2. The molecule has 1 N–H and O–H groups in total. The number of hydrogen-bond donors (Lipinski definition) is 1. The molecule has 1 fully saturated rings. The highest BCUT2D eigenvalue weighted by Gasteiger charge is 2.26. The summed E-state index contributed by atoms with van der Waals surface area (Å²) in [6.45, 7) is 5.56. The monoisotopic (exact) mass is 231 g/mol. The maximum Gasteiger partial charge on any atom is 0.0136 e. The maximum atomic E-state index is 3.73. The first-order valence-corrected chi connectivity index (χ1v) is 7.08. The fourth-order valence-electron chi connectivity index (χ4n) is 2.56. The number of hydrogen-bond acceptors (Lipinski definition) is 1. The van der Waals surface area contributed by atoms with Gasteiger partial charge in [0.05, 0.1) is 0 Å². The lowest BCUT2D eigenvalue weighted by Gasteiger charge is -2.34. The highest BCUT2D eigenvalue weighted by molar-refractivity contribution is 5.22. The molecule has 0 saturated heterocycles. The largest absolute Gasteiger partial charge is 0.313 e. The van der Waals surface area contributed by atoms with Crippen LogP contribution in [0.4, 0.5) is 0 Å². The Morgan fingerprint density at radius 2 is 1.94 bits per heavy atom. The lowest BCUT2D eigenvalue weighted by molar-refractivity contribution is 0.227. The highest BCUT2D eigenvalue weighted by atomic mass is 14.9. The molecule has 1 saturated carbocycles. The van der Waals surface area contributed by atoms with Gasteiger partial charge in [0.15, 0.2) is 0 Å². The second-order valence-electron chi connectivity index (χ2n) is 5.44. The van der Waals surface area contributed by atoms with Gasteiger partial charge in [-0.25, -0.2) is 0 Å². The van der Waals surface area contributed by atoms with Crippen LogP contribution in [0.5, 0.6) is 0 Å². The third-order valence-electron chi connectivity index (χ3n) is 3.95. The van der Waals surface area contributed by atoms with Gasteiger partial charge in [0.25, 0.3) is 0 Å². The van der Waals surface area contributed by atoms with Crippen LogP contribution in [0.3, 0.4) is 0 Å². The Morgan fingerprint density at radius 3 is 2.47 bits per heavy atom. The molecule has 1 heteroatoms. The molecule has 0 bridgehead atoms. The van der Waals surface area contributed by atoms with E-state index in [1.807, 2.05) is 0 Å². The zero-order chi connectivity index (χ0) is 12.1. The van der Waals surface area contributed by atoms with Crippen molar-refractivity contribution in [2.45, 2.75) is 52.0 Å². The van der Waals surface area contributed by atoms with Crippen molar-refractivity contribution in [2.75, 3.05) is 6.54 Å². The first-order valence-electron chi connectivity index (χ1n) is 7.08.